The average molecular weight is 292 g/mol. The van der Waals surface area contributed by atoms with Crippen LogP contribution in [0, 0.1) is 6.92 Å². The fraction of sp³-hybridized carbons (Fsp3) is 0.333. The number of rotatable bonds is 7. The number of aryl methyl sites for hydroxylation is 1. The molecule has 0 aliphatic rings. The minimum Gasteiger partial charge on any atom is -0.508 e. The van der Waals surface area contributed by atoms with E-state index in [4.69, 9.17) is 4.74 Å². The summed E-state index contributed by atoms with van der Waals surface area (Å²) in [6, 6.07) is 4.58. The molecule has 0 unspecified atom stereocenters. The molecule has 0 spiro atoms. The van der Waals surface area contributed by atoms with Crippen molar-refractivity contribution in [1.82, 2.24) is 5.32 Å². The Morgan fingerprint density at radius 1 is 1.38 bits per heavy atom. The monoisotopic (exact) mass is 292 g/mol. The molecule has 114 valence electrons. The molecule has 0 aromatic heterocycles. The van der Waals surface area contributed by atoms with Crippen LogP contribution in [0.3, 0.4) is 0 Å². The Labute approximate surface area is 123 Å². The van der Waals surface area contributed by atoms with E-state index in [9.17, 15) is 14.7 Å². The number of unbranched alkanes of at least 4 members (excludes halogenated alkanes) is 1. The lowest BCUT2D eigenvalue weighted by molar-refractivity contribution is -0.137. The van der Waals surface area contributed by atoms with Crippen LogP contribution < -0.4 is 10.6 Å². The van der Waals surface area contributed by atoms with E-state index in [1.807, 2.05) is 0 Å². The predicted molar refractivity (Wildman–Crippen MR) is 80.3 cm³/mol. The first-order valence-electron chi connectivity index (χ1n) is 6.66. The largest absolute Gasteiger partial charge is 0.508 e. The van der Waals surface area contributed by atoms with Crippen LogP contribution in [-0.2, 0) is 9.53 Å². The summed E-state index contributed by atoms with van der Waals surface area (Å²) in [6.45, 7) is 5.84. The Morgan fingerprint density at radius 3 is 2.81 bits per heavy atom. The second kappa shape index (κ2) is 8.63. The minimum atomic E-state index is -0.445. The lowest BCUT2D eigenvalue weighted by Gasteiger charge is -2.08. The summed E-state index contributed by atoms with van der Waals surface area (Å²) in [5, 5.41) is 14.8. The number of hydrogen-bond acceptors (Lipinski definition) is 4. The lowest BCUT2D eigenvalue weighted by atomic mass is 10.2. The van der Waals surface area contributed by atoms with Gasteiger partial charge in [-0.3, -0.25) is 0 Å². The Bertz CT molecular complexity index is 514. The van der Waals surface area contributed by atoms with Gasteiger partial charge in [0.25, 0.3) is 0 Å². The van der Waals surface area contributed by atoms with Gasteiger partial charge in [0.15, 0.2) is 0 Å². The molecule has 21 heavy (non-hydrogen) atoms. The van der Waals surface area contributed by atoms with Crippen LogP contribution in [0.4, 0.5) is 10.5 Å². The maximum Gasteiger partial charge on any atom is 0.330 e. The number of anilines is 1. The molecular weight excluding hydrogens is 272 g/mol. The van der Waals surface area contributed by atoms with Gasteiger partial charge in [-0.1, -0.05) is 12.6 Å². The number of ether oxygens (including phenoxy) is 1. The highest BCUT2D eigenvalue weighted by molar-refractivity contribution is 5.89. The fourth-order valence-electron chi connectivity index (χ4n) is 1.52. The summed E-state index contributed by atoms with van der Waals surface area (Å²) in [5.41, 5.74) is 1.27. The zero-order valence-electron chi connectivity index (χ0n) is 12.0. The average Bonchev–Trinajstić information content (AvgIpc) is 2.46. The molecule has 0 aliphatic carbocycles. The number of esters is 1. The molecule has 0 saturated heterocycles. The standard InChI is InChI=1S/C15H20N2O4/c1-3-14(19)21-9-5-4-8-16-15(20)17-12-7-6-11(2)13(18)10-12/h3,6-7,10,18H,1,4-5,8-9H2,2H3,(H2,16,17,20). The number of amides is 2. The molecule has 2 amide bonds. The van der Waals surface area contributed by atoms with Crippen LogP contribution in [0.25, 0.3) is 0 Å². The molecule has 0 atom stereocenters. The molecular formula is C15H20N2O4. The number of phenols is 1. The highest BCUT2D eigenvalue weighted by Crippen LogP contribution is 2.20. The number of benzene rings is 1. The van der Waals surface area contributed by atoms with Gasteiger partial charge in [0.2, 0.25) is 0 Å². The zero-order valence-corrected chi connectivity index (χ0v) is 12.0. The van der Waals surface area contributed by atoms with E-state index in [0.717, 1.165) is 11.6 Å². The van der Waals surface area contributed by atoms with E-state index in [2.05, 4.69) is 17.2 Å². The van der Waals surface area contributed by atoms with Crippen molar-refractivity contribution in [3.8, 4) is 5.75 Å². The molecule has 3 N–H and O–H groups in total. The normalized spacial score (nSPS) is 9.76. The van der Waals surface area contributed by atoms with Crippen molar-refractivity contribution in [3.05, 3.63) is 36.4 Å². The van der Waals surface area contributed by atoms with Gasteiger partial charge in [0, 0.05) is 24.4 Å². The molecule has 0 radical (unpaired) electrons. The molecule has 0 bridgehead atoms. The number of nitrogens with one attached hydrogen (secondary N) is 2. The first-order valence-corrected chi connectivity index (χ1v) is 6.66. The first kappa shape index (κ1) is 16.6. The van der Waals surface area contributed by atoms with Crippen molar-refractivity contribution in [3.63, 3.8) is 0 Å². The number of carbonyl (C=O) groups is 2. The van der Waals surface area contributed by atoms with E-state index in [-0.39, 0.29) is 11.8 Å². The van der Waals surface area contributed by atoms with Crippen molar-refractivity contribution >= 4 is 17.7 Å². The Kier molecular flexibility index (Phi) is 6.80. The second-order valence-corrected chi connectivity index (χ2v) is 4.46. The third kappa shape index (κ3) is 6.47. The predicted octanol–water partition coefficient (Wildman–Crippen LogP) is 2.33. The topological polar surface area (TPSA) is 87.7 Å². The molecule has 0 heterocycles. The number of hydrogen-bond donors (Lipinski definition) is 3. The van der Waals surface area contributed by atoms with Crippen LogP contribution in [0.15, 0.2) is 30.9 Å². The molecule has 6 heteroatoms. The highest BCUT2D eigenvalue weighted by Gasteiger charge is 2.03. The van der Waals surface area contributed by atoms with Crippen LogP contribution in [0.1, 0.15) is 18.4 Å². The molecule has 1 aromatic rings. The number of aromatic hydroxyl groups is 1. The van der Waals surface area contributed by atoms with Crippen molar-refractivity contribution in [2.45, 2.75) is 19.8 Å². The minimum absolute atomic E-state index is 0.136. The van der Waals surface area contributed by atoms with E-state index < -0.39 is 5.97 Å². The lowest BCUT2D eigenvalue weighted by Crippen LogP contribution is -2.29. The first-order chi connectivity index (χ1) is 10.0. The van der Waals surface area contributed by atoms with E-state index in [1.165, 1.54) is 6.07 Å². The Hall–Kier alpha value is -2.50. The summed E-state index contributed by atoms with van der Waals surface area (Å²) < 4.78 is 4.81. The second-order valence-electron chi connectivity index (χ2n) is 4.46. The van der Waals surface area contributed by atoms with Crippen LogP contribution in [0.5, 0.6) is 5.75 Å². The van der Waals surface area contributed by atoms with Crippen LogP contribution >= 0.6 is 0 Å². The van der Waals surface area contributed by atoms with Crippen molar-refractivity contribution in [2.75, 3.05) is 18.5 Å². The molecule has 0 saturated carbocycles. The van der Waals surface area contributed by atoms with Crippen molar-refractivity contribution in [1.29, 1.82) is 0 Å². The van der Waals surface area contributed by atoms with Gasteiger partial charge in [0.05, 0.1) is 6.61 Å². The van der Waals surface area contributed by atoms with Gasteiger partial charge in [0.1, 0.15) is 5.75 Å². The van der Waals surface area contributed by atoms with Crippen molar-refractivity contribution < 1.29 is 19.4 Å². The van der Waals surface area contributed by atoms with Gasteiger partial charge in [-0.2, -0.15) is 0 Å². The molecule has 1 rings (SSSR count). The molecule has 0 aliphatic heterocycles. The van der Waals surface area contributed by atoms with Gasteiger partial charge in [-0.25, -0.2) is 9.59 Å². The van der Waals surface area contributed by atoms with E-state index >= 15 is 0 Å². The fourth-order valence-corrected chi connectivity index (χ4v) is 1.52. The summed E-state index contributed by atoms with van der Waals surface area (Å²) in [5.74, 6) is -0.309. The highest BCUT2D eigenvalue weighted by atomic mass is 16.5. The summed E-state index contributed by atoms with van der Waals surface area (Å²) in [6.07, 6.45) is 2.46. The van der Waals surface area contributed by atoms with E-state index in [0.29, 0.717) is 31.7 Å². The Balaban J connectivity index is 2.18. The third-order valence-corrected chi connectivity index (χ3v) is 2.73. The number of phenolic OH excluding ortho intramolecular Hbond substituents is 1. The molecule has 1 aromatic carbocycles. The molecule has 0 fully saturated rings. The maximum atomic E-state index is 11.6. The third-order valence-electron chi connectivity index (χ3n) is 2.73. The van der Waals surface area contributed by atoms with E-state index in [1.54, 1.807) is 19.1 Å². The quantitative estimate of drug-likeness (QED) is 0.409. The van der Waals surface area contributed by atoms with Crippen molar-refractivity contribution in [2.24, 2.45) is 0 Å². The summed E-state index contributed by atoms with van der Waals surface area (Å²) in [7, 11) is 0. The van der Waals surface area contributed by atoms with Gasteiger partial charge in [-0.05, 0) is 31.4 Å². The SMILES string of the molecule is C=CC(=O)OCCCCNC(=O)Nc1ccc(C)c(O)c1. The smallest absolute Gasteiger partial charge is 0.330 e. The van der Waals surface area contributed by atoms with Gasteiger partial charge in [-0.15, -0.1) is 0 Å². The zero-order chi connectivity index (χ0) is 15.7. The molecule has 6 nitrogen and oxygen atoms in total. The Morgan fingerprint density at radius 2 is 2.14 bits per heavy atom. The maximum absolute atomic E-state index is 11.6. The van der Waals surface area contributed by atoms with Crippen LogP contribution in [-0.4, -0.2) is 30.3 Å². The van der Waals surface area contributed by atoms with Gasteiger partial charge < -0.3 is 20.5 Å². The van der Waals surface area contributed by atoms with Crippen LogP contribution in [0.2, 0.25) is 0 Å². The number of urea groups is 1. The summed E-state index contributed by atoms with van der Waals surface area (Å²) in [4.78, 5) is 22.4. The summed E-state index contributed by atoms with van der Waals surface area (Å²) >= 11 is 0. The van der Waals surface area contributed by atoms with Gasteiger partial charge >= 0.3 is 12.0 Å². The number of carbonyl (C=O) groups excluding carboxylic acids is 2.